The van der Waals surface area contributed by atoms with Gasteiger partial charge in [-0.05, 0) is 59.7 Å². The van der Waals surface area contributed by atoms with Crippen molar-refractivity contribution in [1.29, 1.82) is 0 Å². The summed E-state index contributed by atoms with van der Waals surface area (Å²) in [6.45, 7) is 8.97. The summed E-state index contributed by atoms with van der Waals surface area (Å²) in [5, 5.41) is 0. The van der Waals surface area contributed by atoms with Crippen LogP contribution in [0.15, 0.2) is 109 Å². The summed E-state index contributed by atoms with van der Waals surface area (Å²) in [6.07, 6.45) is 0. The molecule has 288 valence electrons. The minimum atomic E-state index is 0.462. The van der Waals surface area contributed by atoms with Crippen LogP contribution in [-0.4, -0.2) is 106 Å². The Kier molecular flexibility index (Phi) is 22.2. The second kappa shape index (κ2) is 28.3. The highest BCUT2D eigenvalue weighted by Crippen LogP contribution is 2.20. The Labute approximate surface area is 313 Å². The molecule has 0 amide bonds. The van der Waals surface area contributed by atoms with Gasteiger partial charge in [-0.25, -0.2) is 0 Å². The van der Waals surface area contributed by atoms with E-state index in [1.807, 2.05) is 109 Å². The minimum absolute atomic E-state index is 0.462. The lowest BCUT2D eigenvalue weighted by molar-refractivity contribution is -0.0218. The molecule has 0 saturated heterocycles. The molecule has 0 aliphatic rings. The number of ether oxygens (including phenoxy) is 11. The standard InChI is InChI=1S/C42H54O11/c1-3-7-37(8-4-1)35-52-41-15-11-39(12-16-41)50-33-31-48-29-27-46-25-23-44-21-19-43-20-22-45-24-26-47-28-30-49-32-34-51-40-13-17-42(18-14-40)53-36-38-9-5-2-6-10-38/h1-18H,19-36H2. The van der Waals surface area contributed by atoms with Gasteiger partial charge in [0.05, 0.1) is 92.5 Å². The fraction of sp³-hybridized carbons (Fsp3) is 0.429. The lowest BCUT2D eigenvalue weighted by Gasteiger charge is -2.10. The second-order valence-electron chi connectivity index (χ2n) is 11.5. The minimum Gasteiger partial charge on any atom is -0.491 e. The third-order valence-corrected chi connectivity index (χ3v) is 7.37. The molecule has 0 atom stereocenters. The first kappa shape index (κ1) is 41.6. The highest BCUT2D eigenvalue weighted by molar-refractivity contribution is 5.32. The van der Waals surface area contributed by atoms with Gasteiger partial charge in [-0.2, -0.15) is 0 Å². The molecule has 4 aromatic carbocycles. The van der Waals surface area contributed by atoms with Crippen LogP contribution in [-0.2, 0) is 46.4 Å². The highest BCUT2D eigenvalue weighted by Gasteiger charge is 2.01. The summed E-state index contributed by atoms with van der Waals surface area (Å²) < 4.78 is 61.8. The number of hydrogen-bond donors (Lipinski definition) is 0. The molecule has 0 fully saturated rings. The Morgan fingerprint density at radius 1 is 0.226 bits per heavy atom. The first-order valence-electron chi connectivity index (χ1n) is 18.2. The van der Waals surface area contributed by atoms with Crippen LogP contribution in [0.2, 0.25) is 0 Å². The van der Waals surface area contributed by atoms with Crippen molar-refractivity contribution in [2.75, 3.05) is 106 Å². The molecule has 0 aliphatic heterocycles. The number of rotatable bonds is 32. The zero-order chi connectivity index (χ0) is 36.7. The van der Waals surface area contributed by atoms with E-state index < -0.39 is 0 Å². The van der Waals surface area contributed by atoms with Gasteiger partial charge in [0.25, 0.3) is 0 Å². The second-order valence-corrected chi connectivity index (χ2v) is 11.5. The Hall–Kier alpha value is -4.20. The molecular weight excluding hydrogens is 680 g/mol. The van der Waals surface area contributed by atoms with E-state index in [0.717, 1.165) is 34.1 Å². The molecule has 0 bridgehead atoms. The van der Waals surface area contributed by atoms with Crippen LogP contribution >= 0.6 is 0 Å². The highest BCUT2D eigenvalue weighted by atomic mass is 16.6. The first-order chi connectivity index (χ1) is 26.3. The van der Waals surface area contributed by atoms with E-state index >= 15 is 0 Å². The molecule has 4 rings (SSSR count). The van der Waals surface area contributed by atoms with Crippen molar-refractivity contribution in [3.8, 4) is 23.0 Å². The third kappa shape index (κ3) is 20.6. The molecule has 4 aromatic rings. The fourth-order valence-corrected chi connectivity index (χ4v) is 4.60. The van der Waals surface area contributed by atoms with Crippen LogP contribution in [0.3, 0.4) is 0 Å². The van der Waals surface area contributed by atoms with Crippen molar-refractivity contribution in [3.63, 3.8) is 0 Å². The zero-order valence-corrected chi connectivity index (χ0v) is 30.6. The molecule has 0 radical (unpaired) electrons. The average Bonchev–Trinajstić information content (AvgIpc) is 3.21. The predicted molar refractivity (Wildman–Crippen MR) is 201 cm³/mol. The molecule has 11 nitrogen and oxygen atoms in total. The largest absolute Gasteiger partial charge is 0.491 e. The smallest absolute Gasteiger partial charge is 0.120 e. The maximum atomic E-state index is 5.80. The van der Waals surface area contributed by atoms with Gasteiger partial charge < -0.3 is 52.1 Å². The van der Waals surface area contributed by atoms with E-state index in [1.165, 1.54) is 0 Å². The zero-order valence-electron chi connectivity index (χ0n) is 30.6. The van der Waals surface area contributed by atoms with Crippen molar-refractivity contribution >= 4 is 0 Å². The van der Waals surface area contributed by atoms with Gasteiger partial charge >= 0.3 is 0 Å². The number of hydrogen-bond acceptors (Lipinski definition) is 11. The van der Waals surface area contributed by atoms with Crippen LogP contribution in [0.4, 0.5) is 0 Å². The molecular formula is C42H54O11. The molecule has 0 saturated carbocycles. The van der Waals surface area contributed by atoms with Crippen molar-refractivity contribution in [3.05, 3.63) is 120 Å². The lowest BCUT2D eigenvalue weighted by Crippen LogP contribution is -2.15. The van der Waals surface area contributed by atoms with E-state index in [1.54, 1.807) is 0 Å². The third-order valence-electron chi connectivity index (χ3n) is 7.37. The van der Waals surface area contributed by atoms with Gasteiger partial charge in [0.1, 0.15) is 49.4 Å². The first-order valence-corrected chi connectivity index (χ1v) is 18.2. The summed E-state index contributed by atoms with van der Waals surface area (Å²) in [4.78, 5) is 0. The summed E-state index contributed by atoms with van der Waals surface area (Å²) in [5.74, 6) is 3.15. The van der Waals surface area contributed by atoms with Crippen molar-refractivity contribution < 1.29 is 52.1 Å². The summed E-state index contributed by atoms with van der Waals surface area (Å²) in [7, 11) is 0. The quantitative estimate of drug-likeness (QED) is 0.0520. The van der Waals surface area contributed by atoms with E-state index in [4.69, 9.17) is 52.1 Å². The summed E-state index contributed by atoms with van der Waals surface area (Å²) in [6, 6.07) is 35.3. The monoisotopic (exact) mass is 734 g/mol. The van der Waals surface area contributed by atoms with Gasteiger partial charge in [0.2, 0.25) is 0 Å². The van der Waals surface area contributed by atoms with Crippen LogP contribution in [0.5, 0.6) is 23.0 Å². The molecule has 0 heterocycles. The molecule has 0 aliphatic carbocycles. The van der Waals surface area contributed by atoms with Crippen molar-refractivity contribution in [2.24, 2.45) is 0 Å². The maximum absolute atomic E-state index is 5.80. The van der Waals surface area contributed by atoms with Gasteiger partial charge in [-0.15, -0.1) is 0 Å². The number of benzene rings is 4. The molecule has 0 N–H and O–H groups in total. The van der Waals surface area contributed by atoms with Gasteiger partial charge in [-0.1, -0.05) is 60.7 Å². The SMILES string of the molecule is c1ccc(COc2ccc(OCCOCCOCCOCCOCCOCCOCCOCCOc3ccc(OCc4ccccc4)cc3)cc2)cc1. The topological polar surface area (TPSA) is 102 Å². The van der Waals surface area contributed by atoms with E-state index in [-0.39, 0.29) is 0 Å². The normalized spacial score (nSPS) is 11.0. The molecule has 0 unspecified atom stereocenters. The van der Waals surface area contributed by atoms with E-state index in [0.29, 0.717) is 119 Å². The van der Waals surface area contributed by atoms with E-state index in [9.17, 15) is 0 Å². The van der Waals surface area contributed by atoms with E-state index in [2.05, 4.69) is 0 Å². The van der Waals surface area contributed by atoms with Crippen molar-refractivity contribution in [1.82, 2.24) is 0 Å². The Bertz CT molecular complexity index is 1300. The fourth-order valence-electron chi connectivity index (χ4n) is 4.60. The summed E-state index contributed by atoms with van der Waals surface area (Å²) >= 11 is 0. The van der Waals surface area contributed by atoms with Crippen LogP contribution < -0.4 is 18.9 Å². The van der Waals surface area contributed by atoms with Gasteiger partial charge in [0, 0.05) is 0 Å². The van der Waals surface area contributed by atoms with Crippen LogP contribution in [0.1, 0.15) is 11.1 Å². The van der Waals surface area contributed by atoms with Crippen LogP contribution in [0, 0.1) is 0 Å². The molecule has 11 heteroatoms. The predicted octanol–water partition coefficient (Wildman–Crippen LogP) is 6.42. The average molecular weight is 735 g/mol. The van der Waals surface area contributed by atoms with Gasteiger partial charge in [-0.3, -0.25) is 0 Å². The lowest BCUT2D eigenvalue weighted by atomic mass is 10.2. The van der Waals surface area contributed by atoms with Gasteiger partial charge in [0.15, 0.2) is 0 Å². The molecule has 0 aromatic heterocycles. The van der Waals surface area contributed by atoms with Crippen LogP contribution in [0.25, 0.3) is 0 Å². The maximum Gasteiger partial charge on any atom is 0.120 e. The summed E-state index contributed by atoms with van der Waals surface area (Å²) in [5.41, 5.74) is 2.26. The molecule has 53 heavy (non-hydrogen) atoms. The Balaban J connectivity index is 0.805. The Morgan fingerprint density at radius 3 is 0.717 bits per heavy atom. The Morgan fingerprint density at radius 2 is 0.453 bits per heavy atom. The van der Waals surface area contributed by atoms with Crippen molar-refractivity contribution in [2.45, 2.75) is 13.2 Å². The molecule has 0 spiro atoms.